The molecule has 0 bridgehead atoms. The molecule has 33 heavy (non-hydrogen) atoms. The second-order valence-electron chi connectivity index (χ2n) is 10.2. The predicted octanol–water partition coefficient (Wildman–Crippen LogP) is 3.83. The molecule has 1 saturated carbocycles. The van der Waals surface area contributed by atoms with Crippen LogP contribution < -0.4 is 5.56 Å². The van der Waals surface area contributed by atoms with Gasteiger partial charge in [0.15, 0.2) is 6.10 Å². The van der Waals surface area contributed by atoms with Crippen molar-refractivity contribution in [3.8, 4) is 0 Å². The van der Waals surface area contributed by atoms with Gasteiger partial charge in [-0.2, -0.15) is 0 Å². The van der Waals surface area contributed by atoms with Gasteiger partial charge in [-0.05, 0) is 40.8 Å². The highest BCUT2D eigenvalue weighted by atomic mass is 32.1. The summed E-state index contributed by atoms with van der Waals surface area (Å²) in [4.78, 5) is 36.8. The molecule has 7 heteroatoms. The highest BCUT2D eigenvalue weighted by Crippen LogP contribution is 2.53. The molecule has 172 valence electrons. The van der Waals surface area contributed by atoms with Crippen molar-refractivity contribution in [2.24, 2.45) is 0 Å². The smallest absolute Gasteiger partial charge is 0.256 e. The van der Waals surface area contributed by atoms with Crippen LogP contribution in [0, 0.1) is 0 Å². The fraction of sp³-hybridized carbons (Fsp3) is 0.423. The molecule has 1 fully saturated rings. The Labute approximate surface area is 197 Å². The van der Waals surface area contributed by atoms with Crippen LogP contribution in [0.5, 0.6) is 0 Å². The number of benzene rings is 1. The van der Waals surface area contributed by atoms with Crippen LogP contribution in [0.3, 0.4) is 0 Å². The van der Waals surface area contributed by atoms with Crippen LogP contribution in [-0.4, -0.2) is 32.4 Å². The van der Waals surface area contributed by atoms with E-state index >= 15 is 0 Å². The standard InChI is InChI=1S/C26H29N3O3S/c1-25(2,3)17-7-4-6-16(14-17)21(30)23(32)29-12-9-19-18(15-29)22(31)28-24(27-19)26(10-11-26)20-8-5-13-33-20/h4-8,13-14,21,30H,9-12,15H2,1-3H3,(H,27,28,31). The van der Waals surface area contributed by atoms with Gasteiger partial charge in [0.1, 0.15) is 5.82 Å². The van der Waals surface area contributed by atoms with Crippen LogP contribution in [0.4, 0.5) is 0 Å². The number of thiophene rings is 1. The van der Waals surface area contributed by atoms with Gasteiger partial charge in [-0.15, -0.1) is 11.3 Å². The number of hydrogen-bond donors (Lipinski definition) is 2. The molecule has 0 radical (unpaired) electrons. The third-order valence-corrected chi connectivity index (χ3v) is 7.95. The zero-order chi connectivity index (χ0) is 23.4. The van der Waals surface area contributed by atoms with Crippen molar-refractivity contribution in [1.29, 1.82) is 0 Å². The number of H-pyrrole nitrogens is 1. The third-order valence-electron chi connectivity index (χ3n) is 6.88. The first kappa shape index (κ1) is 22.0. The SMILES string of the molecule is CC(C)(C)c1cccc(C(O)C(=O)N2CCc3nc(C4(c5cccs5)CC4)[nH]c(=O)c3C2)c1. The monoisotopic (exact) mass is 463 g/mol. The number of amides is 1. The number of aliphatic hydroxyl groups excluding tert-OH is 1. The molecular formula is C26H29N3O3S. The highest BCUT2D eigenvalue weighted by Gasteiger charge is 2.49. The zero-order valence-corrected chi connectivity index (χ0v) is 20.0. The number of carbonyl (C=O) groups excluding carboxylic acids is 1. The summed E-state index contributed by atoms with van der Waals surface area (Å²) >= 11 is 1.70. The Hall–Kier alpha value is -2.77. The summed E-state index contributed by atoms with van der Waals surface area (Å²) in [5.41, 5.74) is 2.50. The van der Waals surface area contributed by atoms with Crippen molar-refractivity contribution < 1.29 is 9.90 Å². The summed E-state index contributed by atoms with van der Waals surface area (Å²) in [6.07, 6.45) is 1.22. The van der Waals surface area contributed by atoms with Gasteiger partial charge in [-0.3, -0.25) is 9.59 Å². The fourth-order valence-corrected chi connectivity index (χ4v) is 5.59. The van der Waals surface area contributed by atoms with Gasteiger partial charge in [0.2, 0.25) is 0 Å². The van der Waals surface area contributed by atoms with Crippen molar-refractivity contribution in [1.82, 2.24) is 14.9 Å². The number of nitrogens with zero attached hydrogens (tertiary/aromatic N) is 2. The molecule has 2 N–H and O–H groups in total. The maximum atomic E-state index is 13.1. The summed E-state index contributed by atoms with van der Waals surface area (Å²) in [7, 11) is 0. The number of aromatic amines is 1. The maximum Gasteiger partial charge on any atom is 0.256 e. The average Bonchev–Trinajstić information content (AvgIpc) is 3.43. The molecule has 1 amide bonds. The molecule has 1 aromatic carbocycles. The van der Waals surface area contributed by atoms with E-state index in [1.54, 1.807) is 22.3 Å². The van der Waals surface area contributed by atoms with Crippen LogP contribution in [0.25, 0.3) is 0 Å². The Bertz CT molecular complexity index is 1250. The molecule has 1 unspecified atom stereocenters. The lowest BCUT2D eigenvalue weighted by Gasteiger charge is -2.30. The van der Waals surface area contributed by atoms with E-state index in [-0.39, 0.29) is 28.8 Å². The minimum absolute atomic E-state index is 0.0818. The van der Waals surface area contributed by atoms with Crippen molar-refractivity contribution in [3.63, 3.8) is 0 Å². The number of carbonyl (C=O) groups is 1. The number of fused-ring (bicyclic) bond motifs is 1. The first-order valence-electron chi connectivity index (χ1n) is 11.4. The molecule has 2 aliphatic rings. The first-order valence-corrected chi connectivity index (χ1v) is 12.3. The molecule has 5 rings (SSSR count). The number of hydrogen-bond acceptors (Lipinski definition) is 5. The molecule has 3 heterocycles. The molecule has 3 aromatic rings. The van der Waals surface area contributed by atoms with Gasteiger partial charge in [0.25, 0.3) is 11.5 Å². The maximum absolute atomic E-state index is 13.1. The average molecular weight is 464 g/mol. The first-order chi connectivity index (χ1) is 15.7. The normalized spacial score (nSPS) is 18.0. The Morgan fingerprint density at radius 1 is 1.24 bits per heavy atom. The Kier molecular flexibility index (Phi) is 5.29. The molecule has 6 nitrogen and oxygen atoms in total. The van der Waals surface area contributed by atoms with Crippen molar-refractivity contribution in [2.45, 2.75) is 63.5 Å². The van der Waals surface area contributed by atoms with Crippen LogP contribution in [0.15, 0.2) is 46.6 Å². The number of aromatic nitrogens is 2. The summed E-state index contributed by atoms with van der Waals surface area (Å²) in [5, 5.41) is 12.9. The fourth-order valence-electron chi connectivity index (χ4n) is 4.61. The van der Waals surface area contributed by atoms with Crippen molar-refractivity contribution in [2.75, 3.05) is 6.54 Å². The van der Waals surface area contributed by atoms with E-state index in [4.69, 9.17) is 4.98 Å². The number of rotatable bonds is 4. The summed E-state index contributed by atoms with van der Waals surface area (Å²) in [6.45, 7) is 6.89. The predicted molar refractivity (Wildman–Crippen MR) is 128 cm³/mol. The van der Waals surface area contributed by atoms with Crippen molar-refractivity contribution >= 4 is 17.2 Å². The van der Waals surface area contributed by atoms with E-state index in [0.717, 1.165) is 29.9 Å². The molecule has 1 aliphatic carbocycles. The molecule has 1 aliphatic heterocycles. The molecule has 1 atom stereocenters. The molecule has 0 saturated heterocycles. The minimum atomic E-state index is -1.26. The van der Waals surface area contributed by atoms with E-state index in [2.05, 4.69) is 37.2 Å². The van der Waals surface area contributed by atoms with E-state index in [0.29, 0.717) is 24.1 Å². The van der Waals surface area contributed by atoms with Gasteiger partial charge >= 0.3 is 0 Å². The largest absolute Gasteiger partial charge is 0.378 e. The Balaban J connectivity index is 1.38. The molecule has 2 aromatic heterocycles. The van der Waals surface area contributed by atoms with Gasteiger partial charge in [-0.25, -0.2) is 4.98 Å². The van der Waals surface area contributed by atoms with E-state index < -0.39 is 6.10 Å². The van der Waals surface area contributed by atoms with Gasteiger partial charge in [0, 0.05) is 17.8 Å². The minimum Gasteiger partial charge on any atom is -0.378 e. The van der Waals surface area contributed by atoms with Crippen LogP contribution >= 0.6 is 11.3 Å². The Morgan fingerprint density at radius 2 is 2.03 bits per heavy atom. The van der Waals surface area contributed by atoms with Crippen molar-refractivity contribution in [3.05, 3.63) is 85.2 Å². The second kappa shape index (κ2) is 7.92. The Morgan fingerprint density at radius 3 is 2.70 bits per heavy atom. The molecule has 0 spiro atoms. The number of aliphatic hydroxyl groups is 1. The highest BCUT2D eigenvalue weighted by molar-refractivity contribution is 7.10. The van der Waals surface area contributed by atoms with Gasteiger partial charge in [-0.1, -0.05) is 51.1 Å². The summed E-state index contributed by atoms with van der Waals surface area (Å²) in [5.74, 6) is 0.361. The summed E-state index contributed by atoms with van der Waals surface area (Å²) < 4.78 is 0. The summed E-state index contributed by atoms with van der Waals surface area (Å²) in [6, 6.07) is 11.7. The van der Waals surface area contributed by atoms with Crippen LogP contribution in [0.1, 0.15) is 72.8 Å². The van der Waals surface area contributed by atoms with Crippen LogP contribution in [0.2, 0.25) is 0 Å². The van der Waals surface area contributed by atoms with Gasteiger partial charge in [0.05, 0.1) is 23.2 Å². The van der Waals surface area contributed by atoms with Crippen LogP contribution in [-0.2, 0) is 28.6 Å². The third kappa shape index (κ3) is 3.93. The van der Waals surface area contributed by atoms with Gasteiger partial charge < -0.3 is 15.0 Å². The lowest BCUT2D eigenvalue weighted by Crippen LogP contribution is -2.42. The topological polar surface area (TPSA) is 86.3 Å². The quantitative estimate of drug-likeness (QED) is 0.616. The lowest BCUT2D eigenvalue weighted by atomic mass is 9.85. The van der Waals surface area contributed by atoms with E-state index in [1.807, 2.05) is 24.3 Å². The number of nitrogens with one attached hydrogen (secondary N) is 1. The second-order valence-corrected chi connectivity index (χ2v) is 11.1. The van der Waals surface area contributed by atoms with E-state index in [9.17, 15) is 14.7 Å². The lowest BCUT2D eigenvalue weighted by molar-refractivity contribution is -0.141. The zero-order valence-electron chi connectivity index (χ0n) is 19.2. The molecular weight excluding hydrogens is 434 g/mol. The van der Waals surface area contributed by atoms with E-state index in [1.165, 1.54) is 4.88 Å².